The Bertz CT molecular complexity index is 3730. The number of benzene rings is 8. The summed E-state index contributed by atoms with van der Waals surface area (Å²) in [4.78, 5) is 18.1. The van der Waals surface area contributed by atoms with Gasteiger partial charge in [-0.2, -0.15) is 24.8 Å². The maximum Gasteiger partial charge on any atom is 3.00 e. The molecule has 10 aromatic rings. The van der Waals surface area contributed by atoms with Crippen LogP contribution in [-0.2, 0) is 25.5 Å². The molecule has 0 spiro atoms. The van der Waals surface area contributed by atoms with Gasteiger partial charge in [-0.1, -0.05) is 261 Å². The molecule has 0 saturated heterocycles. The molecule has 0 radical (unpaired) electrons. The Labute approximate surface area is 535 Å². The Morgan fingerprint density at radius 2 is 1.05 bits per heavy atom. The number of aromatic nitrogens is 2. The third-order valence-electron chi connectivity index (χ3n) is 17.8. The number of nitrogens with zero attached hydrogens (tertiary/aromatic N) is 3. The molecule has 8 aromatic carbocycles. The molecule has 4 nitrogen and oxygen atoms in total. The summed E-state index contributed by atoms with van der Waals surface area (Å²) < 4.78 is 1.91. The maximum absolute atomic E-state index is 11.8. The number of rotatable bonds is 23. The summed E-state index contributed by atoms with van der Waals surface area (Å²) in [6.45, 7) is 19.8. The van der Waals surface area contributed by atoms with Crippen molar-refractivity contribution in [2.45, 2.75) is 156 Å². The summed E-state index contributed by atoms with van der Waals surface area (Å²) in [7, 11) is 4.08. The van der Waals surface area contributed by atoms with Crippen molar-refractivity contribution in [2.24, 2.45) is 0 Å². The molecule has 2 heterocycles. The zero-order chi connectivity index (χ0) is 60.4. The van der Waals surface area contributed by atoms with Gasteiger partial charge in [0.05, 0.1) is 11.9 Å². The fourth-order valence-electron chi connectivity index (χ4n) is 12.6. The number of fused-ring (bicyclic) bond motifs is 4. The van der Waals surface area contributed by atoms with Crippen molar-refractivity contribution < 1.29 is 29.5 Å². The standard InChI is InChI=1S/C53H67N.C17H14N.C12H11NO.Ir/c1-7-10-12-14-16-18-36-53(37-19-17-15-13-11-8-2)51-38-41(5)22-34-49(51)50-35-27-45(39-52(50)53)44-25-32-48(33-26-44)54(46-28-20-40(4)21-29-46)47-30-23-43(24-31-47)42(6)9-3;1-13-7-3-5-9-15(13)17-16-10-6-4-8-14(16)11-12-18(17)2;1-9-4-6-10(7-5-9)12(14)11-3-2-8-13-11;/h20-35,38-39,42H,7-19,36-37H2,1-6H3;3-12H,1-2H2;2-8H,1H3,(H,13,14);/q;-1;;+3/p-1. The number of ketones is 1. The fraction of sp³-hybridized carbons (Fsp3) is 0.293. The second-order valence-corrected chi connectivity index (χ2v) is 24.1. The van der Waals surface area contributed by atoms with E-state index in [0.29, 0.717) is 17.2 Å². The van der Waals surface area contributed by atoms with Crippen molar-refractivity contribution in [2.75, 3.05) is 4.90 Å². The van der Waals surface area contributed by atoms with Gasteiger partial charge in [0.15, 0.2) is 5.78 Å². The minimum absolute atomic E-state index is 0. The third-order valence-corrected chi connectivity index (χ3v) is 17.8. The number of anilines is 3. The molecule has 0 aliphatic heterocycles. The van der Waals surface area contributed by atoms with E-state index >= 15 is 0 Å². The Hall–Kier alpha value is -7.69. The Balaban J connectivity index is 0.000000238. The minimum atomic E-state index is -0.0185. The number of hydrogen-bond donors (Lipinski definition) is 0. The van der Waals surface area contributed by atoms with E-state index in [4.69, 9.17) is 0 Å². The van der Waals surface area contributed by atoms with Gasteiger partial charge in [0.1, 0.15) is 0 Å². The molecule has 448 valence electrons. The van der Waals surface area contributed by atoms with E-state index in [0.717, 1.165) is 28.8 Å². The summed E-state index contributed by atoms with van der Waals surface area (Å²) in [5.41, 5.74) is 22.1. The van der Waals surface area contributed by atoms with Crippen molar-refractivity contribution >= 4 is 33.6 Å². The Morgan fingerprint density at radius 1 is 0.529 bits per heavy atom. The van der Waals surface area contributed by atoms with Crippen LogP contribution in [0, 0.1) is 34.7 Å². The van der Waals surface area contributed by atoms with E-state index in [-0.39, 0.29) is 31.3 Å². The first-order valence-corrected chi connectivity index (χ1v) is 32.1. The van der Waals surface area contributed by atoms with E-state index in [1.165, 1.54) is 157 Å². The van der Waals surface area contributed by atoms with Gasteiger partial charge < -0.3 is 14.5 Å². The van der Waals surface area contributed by atoms with Gasteiger partial charge in [0.25, 0.3) is 0 Å². The normalized spacial score (nSPS) is 12.2. The molecule has 0 amide bonds. The molecule has 1 unspecified atom stereocenters. The molecule has 5 heteroatoms. The first-order chi connectivity index (χ1) is 41.9. The Morgan fingerprint density at radius 3 is 1.64 bits per heavy atom. The van der Waals surface area contributed by atoms with Crippen LogP contribution in [0.3, 0.4) is 0 Å². The van der Waals surface area contributed by atoms with E-state index < -0.39 is 0 Å². The van der Waals surface area contributed by atoms with Crippen LogP contribution >= 0.6 is 0 Å². The van der Waals surface area contributed by atoms with Crippen LogP contribution in [-0.4, -0.2) is 5.78 Å². The average molecular weight is 1330 g/mol. The number of carbonyl (C=O) groups excluding carboxylic acids is 1. The molecule has 0 N–H and O–H groups in total. The molecule has 2 aromatic heterocycles. The van der Waals surface area contributed by atoms with E-state index in [2.05, 4.69) is 211 Å². The molecular weight excluding hydrogens is 1240 g/mol. The fourth-order valence-corrected chi connectivity index (χ4v) is 12.6. The molecule has 11 rings (SSSR count). The van der Waals surface area contributed by atoms with Crippen molar-refractivity contribution in [3.63, 3.8) is 0 Å². The molecule has 0 fully saturated rings. The van der Waals surface area contributed by atoms with Gasteiger partial charge in [0.2, 0.25) is 0 Å². The van der Waals surface area contributed by atoms with E-state index in [1.54, 1.807) is 29.5 Å². The molecular formula is C82H91IrN3O+. The van der Waals surface area contributed by atoms with Crippen molar-refractivity contribution in [3.8, 4) is 33.5 Å². The van der Waals surface area contributed by atoms with Crippen LogP contribution in [0.4, 0.5) is 17.1 Å². The smallest absolute Gasteiger partial charge is 0.661 e. The SMILES string of the molecule is CCCCCCCCC1(CCCCCCCC)c2cc(C)ccc2-c2ccc(-c3ccc(N(c4ccc(C)cc4)c4ccc(C(C)CC)cc4)cc3)cc21.Cc1ccc(C(=O)c2ccc[n-]2)cc1.[CH2-]c1ccccc1-c1c2ccccc2cc[n+]1[CH2-].[Ir+3]. The molecule has 1 aliphatic carbocycles. The molecule has 0 saturated carbocycles. The van der Waals surface area contributed by atoms with Crippen LogP contribution in [0.5, 0.6) is 0 Å². The summed E-state index contributed by atoms with van der Waals surface area (Å²) in [6.07, 6.45) is 23.4. The maximum atomic E-state index is 11.8. The van der Waals surface area contributed by atoms with E-state index in [9.17, 15) is 4.79 Å². The van der Waals surface area contributed by atoms with Crippen LogP contribution in [0.25, 0.3) is 44.3 Å². The first-order valence-electron chi connectivity index (χ1n) is 32.1. The molecule has 1 atom stereocenters. The summed E-state index contributed by atoms with van der Waals surface area (Å²) in [5.74, 6) is 0.542. The third kappa shape index (κ3) is 16.1. The number of unbranched alkanes of at least 4 members (excludes halogenated alkanes) is 10. The largest absolute Gasteiger partial charge is 3.00 e. The van der Waals surface area contributed by atoms with Crippen molar-refractivity contribution in [1.82, 2.24) is 4.98 Å². The number of hydrogen-bond acceptors (Lipinski definition) is 2. The second kappa shape index (κ2) is 31.8. The predicted molar refractivity (Wildman–Crippen MR) is 366 cm³/mol. The average Bonchev–Trinajstić information content (AvgIpc) is 1.60. The molecule has 0 bridgehead atoms. The van der Waals surface area contributed by atoms with E-state index in [1.807, 2.05) is 60.2 Å². The van der Waals surface area contributed by atoms with Crippen LogP contribution in [0.1, 0.15) is 185 Å². The zero-order valence-electron chi connectivity index (χ0n) is 52.9. The van der Waals surface area contributed by atoms with Gasteiger partial charge in [-0.05, 0) is 144 Å². The molecule has 1 aliphatic rings. The monoisotopic (exact) mass is 1330 g/mol. The minimum Gasteiger partial charge on any atom is -0.661 e. The number of carbonyl (C=O) groups is 1. The van der Waals surface area contributed by atoms with Gasteiger partial charge in [-0.3, -0.25) is 4.79 Å². The quantitative estimate of drug-likeness (QED) is 0.0277. The van der Waals surface area contributed by atoms with Gasteiger partial charge in [0, 0.05) is 35.1 Å². The summed E-state index contributed by atoms with van der Waals surface area (Å²) in [6, 6.07) is 71.8. The summed E-state index contributed by atoms with van der Waals surface area (Å²) >= 11 is 0. The van der Waals surface area contributed by atoms with Crippen LogP contribution in [0.2, 0.25) is 0 Å². The van der Waals surface area contributed by atoms with Crippen molar-refractivity contribution in [3.05, 3.63) is 277 Å². The van der Waals surface area contributed by atoms with Crippen molar-refractivity contribution in [1.29, 1.82) is 0 Å². The Kier molecular flexibility index (Phi) is 23.9. The first kappa shape index (κ1) is 65.3. The zero-order valence-corrected chi connectivity index (χ0v) is 55.3. The van der Waals surface area contributed by atoms with Gasteiger partial charge >= 0.3 is 20.1 Å². The molecule has 87 heavy (non-hydrogen) atoms. The summed E-state index contributed by atoms with van der Waals surface area (Å²) in [5, 5.41) is 2.42. The topological polar surface area (TPSA) is 38.3 Å². The number of aryl methyl sites for hydroxylation is 3. The second-order valence-electron chi connectivity index (χ2n) is 24.1. The van der Waals surface area contributed by atoms with Gasteiger partial charge in [-0.15, -0.1) is 17.7 Å². The predicted octanol–water partition coefficient (Wildman–Crippen LogP) is 22.5. The van der Waals surface area contributed by atoms with Crippen LogP contribution in [0.15, 0.2) is 213 Å². The van der Waals surface area contributed by atoms with Gasteiger partial charge in [-0.25, -0.2) is 0 Å². The number of pyridine rings is 1. The van der Waals surface area contributed by atoms with Crippen LogP contribution < -0.4 is 14.5 Å².